The zero-order valence-electron chi connectivity index (χ0n) is 15.3. The van der Waals surface area contributed by atoms with E-state index in [1.165, 1.54) is 12.1 Å². The Kier molecular flexibility index (Phi) is 8.37. The molecule has 0 radical (unpaired) electrons. The average Bonchev–Trinajstić information content (AvgIpc) is 2.66. The van der Waals surface area contributed by atoms with E-state index in [9.17, 15) is 14.9 Å². The van der Waals surface area contributed by atoms with Crippen LogP contribution in [0.25, 0.3) is 0 Å². The van der Waals surface area contributed by atoms with Crippen molar-refractivity contribution >= 4 is 34.6 Å². The quantitative estimate of drug-likeness (QED) is 0.292. The van der Waals surface area contributed by atoms with Crippen LogP contribution in [-0.2, 0) is 9.53 Å². The van der Waals surface area contributed by atoms with Crippen molar-refractivity contribution in [2.45, 2.75) is 6.42 Å². The van der Waals surface area contributed by atoms with Crippen LogP contribution in [0, 0.1) is 10.1 Å². The van der Waals surface area contributed by atoms with Crippen molar-refractivity contribution in [2.75, 3.05) is 58.3 Å². The summed E-state index contributed by atoms with van der Waals surface area (Å²) in [6.45, 7) is 4.56. The van der Waals surface area contributed by atoms with Crippen molar-refractivity contribution in [3.8, 4) is 0 Å². The summed E-state index contributed by atoms with van der Waals surface area (Å²) in [5.41, 5.74) is 0.754. The Morgan fingerprint density at radius 1 is 1.26 bits per heavy atom. The van der Waals surface area contributed by atoms with Crippen molar-refractivity contribution in [1.29, 1.82) is 0 Å². The molecule has 2 rings (SSSR count). The maximum absolute atomic E-state index is 11.9. The summed E-state index contributed by atoms with van der Waals surface area (Å²) in [5.74, 6) is 0.0196. The van der Waals surface area contributed by atoms with E-state index in [0.29, 0.717) is 30.5 Å². The number of nitro benzene ring substituents is 1. The van der Waals surface area contributed by atoms with E-state index in [1.54, 1.807) is 19.2 Å². The smallest absolute Gasteiger partial charge is 0.269 e. The second-order valence-corrected chi connectivity index (χ2v) is 6.58. The number of thiocarbonyl (C=S) groups is 1. The van der Waals surface area contributed by atoms with Gasteiger partial charge in [0.05, 0.1) is 11.5 Å². The minimum Gasteiger partial charge on any atom is -0.385 e. The number of carbonyl (C=O) groups is 1. The molecule has 27 heavy (non-hydrogen) atoms. The van der Waals surface area contributed by atoms with Crippen LogP contribution < -0.4 is 10.6 Å². The number of benzene rings is 1. The molecule has 0 bridgehead atoms. The van der Waals surface area contributed by atoms with E-state index in [0.717, 1.165) is 32.6 Å². The van der Waals surface area contributed by atoms with Gasteiger partial charge in [-0.1, -0.05) is 0 Å². The molecule has 0 unspecified atom stereocenters. The molecule has 0 spiro atoms. The third kappa shape index (κ3) is 7.08. The van der Waals surface area contributed by atoms with Gasteiger partial charge in [-0.05, 0) is 30.8 Å². The third-order valence-corrected chi connectivity index (χ3v) is 4.56. The average molecular weight is 395 g/mol. The number of nitrogens with zero attached hydrogens (tertiary/aromatic N) is 3. The van der Waals surface area contributed by atoms with Crippen LogP contribution in [0.3, 0.4) is 0 Å². The molecule has 1 fully saturated rings. The lowest BCUT2D eigenvalue weighted by atomic mass is 10.3. The number of ether oxygens (including phenoxy) is 1. The summed E-state index contributed by atoms with van der Waals surface area (Å²) in [7, 11) is 1.64. The fourth-order valence-corrected chi connectivity index (χ4v) is 2.98. The number of hydrogen-bond acceptors (Lipinski definition) is 6. The number of hydrogen-bond donors (Lipinski definition) is 2. The molecular formula is C17H25N5O4S. The molecule has 0 aliphatic carbocycles. The van der Waals surface area contributed by atoms with Crippen LogP contribution in [0.2, 0.25) is 0 Å². The molecule has 1 heterocycles. The standard InChI is InChI=1S/C17H25N5O4S/c1-26-12-2-7-18-16(23)13-20-8-10-21(11-9-20)17(27)19-14-3-5-15(6-4-14)22(24)25/h3-6H,2,7-13H2,1H3,(H,18,23)(H,19,27). The third-order valence-electron chi connectivity index (χ3n) is 4.20. The highest BCUT2D eigenvalue weighted by atomic mass is 32.1. The molecule has 1 aliphatic rings. The molecule has 0 aromatic heterocycles. The Morgan fingerprint density at radius 2 is 1.93 bits per heavy atom. The van der Waals surface area contributed by atoms with Crippen molar-refractivity contribution in [2.24, 2.45) is 0 Å². The molecule has 9 nitrogen and oxygen atoms in total. The van der Waals surface area contributed by atoms with Gasteiger partial charge in [0, 0.05) is 64.3 Å². The van der Waals surface area contributed by atoms with Crippen molar-refractivity contribution in [3.05, 3.63) is 34.4 Å². The van der Waals surface area contributed by atoms with Gasteiger partial charge < -0.3 is 20.3 Å². The minimum atomic E-state index is -0.435. The Hall–Kier alpha value is -2.30. The first kappa shape index (κ1) is 21.0. The van der Waals surface area contributed by atoms with Gasteiger partial charge in [0.25, 0.3) is 5.69 Å². The van der Waals surface area contributed by atoms with Crippen LogP contribution in [0.15, 0.2) is 24.3 Å². The Labute approximate surface area is 163 Å². The molecule has 1 aromatic rings. The van der Waals surface area contributed by atoms with E-state index in [2.05, 4.69) is 15.5 Å². The topological polar surface area (TPSA) is 100.0 Å². The molecule has 1 aliphatic heterocycles. The van der Waals surface area contributed by atoms with Gasteiger partial charge in [0.15, 0.2) is 5.11 Å². The number of non-ortho nitro benzene ring substituents is 1. The van der Waals surface area contributed by atoms with Crippen molar-refractivity contribution < 1.29 is 14.5 Å². The van der Waals surface area contributed by atoms with Gasteiger partial charge >= 0.3 is 0 Å². The Bertz CT molecular complexity index is 647. The number of nitrogens with one attached hydrogen (secondary N) is 2. The number of nitro groups is 1. The lowest BCUT2D eigenvalue weighted by Gasteiger charge is -2.35. The Morgan fingerprint density at radius 3 is 2.52 bits per heavy atom. The number of carbonyl (C=O) groups excluding carboxylic acids is 1. The van der Waals surface area contributed by atoms with E-state index >= 15 is 0 Å². The normalized spacial score (nSPS) is 14.6. The van der Waals surface area contributed by atoms with Gasteiger partial charge in [0.2, 0.25) is 5.91 Å². The first-order chi connectivity index (χ1) is 13.0. The fraction of sp³-hybridized carbons (Fsp3) is 0.529. The lowest BCUT2D eigenvalue weighted by Crippen LogP contribution is -2.52. The molecule has 1 aromatic carbocycles. The largest absolute Gasteiger partial charge is 0.385 e. The summed E-state index contributed by atoms with van der Waals surface area (Å²) in [6.07, 6.45) is 0.804. The second kappa shape index (κ2) is 10.8. The highest BCUT2D eigenvalue weighted by molar-refractivity contribution is 7.80. The summed E-state index contributed by atoms with van der Waals surface area (Å²) in [4.78, 5) is 26.3. The minimum absolute atomic E-state index is 0.0196. The van der Waals surface area contributed by atoms with Gasteiger partial charge in [-0.2, -0.15) is 0 Å². The highest BCUT2D eigenvalue weighted by Gasteiger charge is 2.20. The first-order valence-electron chi connectivity index (χ1n) is 8.78. The predicted molar refractivity (Wildman–Crippen MR) is 107 cm³/mol. The maximum atomic E-state index is 11.9. The zero-order valence-corrected chi connectivity index (χ0v) is 16.2. The molecule has 148 valence electrons. The monoisotopic (exact) mass is 395 g/mol. The number of methoxy groups -OCH3 is 1. The first-order valence-corrected chi connectivity index (χ1v) is 9.19. The lowest BCUT2D eigenvalue weighted by molar-refractivity contribution is -0.384. The second-order valence-electron chi connectivity index (χ2n) is 6.19. The molecule has 10 heteroatoms. The van der Waals surface area contributed by atoms with Gasteiger partial charge in [-0.3, -0.25) is 19.8 Å². The van der Waals surface area contributed by atoms with Crippen molar-refractivity contribution in [1.82, 2.24) is 15.1 Å². The number of rotatable bonds is 8. The summed E-state index contributed by atoms with van der Waals surface area (Å²) in [6, 6.07) is 6.14. The number of amides is 1. The van der Waals surface area contributed by atoms with Crippen LogP contribution in [-0.4, -0.2) is 78.7 Å². The summed E-state index contributed by atoms with van der Waals surface area (Å²) < 4.78 is 4.95. The SMILES string of the molecule is COCCCNC(=O)CN1CCN(C(=S)Nc2ccc([N+](=O)[O-])cc2)CC1. The molecule has 1 saturated heterocycles. The fourth-order valence-electron chi connectivity index (χ4n) is 2.68. The van der Waals surface area contributed by atoms with Crippen molar-refractivity contribution in [3.63, 3.8) is 0 Å². The van der Waals surface area contributed by atoms with Gasteiger partial charge in [-0.25, -0.2) is 0 Å². The van der Waals surface area contributed by atoms with E-state index in [1.807, 2.05) is 4.90 Å². The predicted octanol–water partition coefficient (Wildman–Crippen LogP) is 1.06. The van der Waals surface area contributed by atoms with E-state index in [-0.39, 0.29) is 11.6 Å². The van der Waals surface area contributed by atoms with E-state index in [4.69, 9.17) is 17.0 Å². The van der Waals surface area contributed by atoms with Crippen LogP contribution in [0.4, 0.5) is 11.4 Å². The van der Waals surface area contributed by atoms with Crippen LogP contribution in [0.1, 0.15) is 6.42 Å². The zero-order chi connectivity index (χ0) is 19.6. The maximum Gasteiger partial charge on any atom is 0.269 e. The summed E-state index contributed by atoms with van der Waals surface area (Å²) in [5, 5.41) is 17.2. The molecule has 1 amide bonds. The van der Waals surface area contributed by atoms with E-state index < -0.39 is 4.92 Å². The molecule has 0 saturated carbocycles. The van der Waals surface area contributed by atoms with Crippen LogP contribution >= 0.6 is 12.2 Å². The number of piperazine rings is 1. The molecule has 2 N–H and O–H groups in total. The highest BCUT2D eigenvalue weighted by Crippen LogP contribution is 2.16. The Balaban J connectivity index is 1.70. The van der Waals surface area contributed by atoms with Gasteiger partial charge in [-0.15, -0.1) is 0 Å². The molecule has 0 atom stereocenters. The number of anilines is 1. The summed E-state index contributed by atoms with van der Waals surface area (Å²) >= 11 is 5.42. The van der Waals surface area contributed by atoms with Crippen LogP contribution in [0.5, 0.6) is 0 Å². The van der Waals surface area contributed by atoms with Gasteiger partial charge in [0.1, 0.15) is 0 Å². The molecular weight excluding hydrogens is 370 g/mol.